The smallest absolute Gasteiger partial charge is 0.191 e. The maximum atomic E-state index is 2.49. The molecule has 0 N–H and O–H groups in total. The Morgan fingerprint density at radius 3 is 1.52 bits per heavy atom. The lowest BCUT2D eigenvalue weighted by Gasteiger charge is -2.02. The van der Waals surface area contributed by atoms with Crippen molar-refractivity contribution >= 4 is 23.3 Å². The van der Waals surface area contributed by atoms with Crippen LogP contribution in [0.4, 0.5) is 0 Å². The molecule has 6 aliphatic rings. The number of fused-ring (bicyclic) bond motifs is 8. The third kappa shape index (κ3) is 7.57. The van der Waals surface area contributed by atoms with Crippen molar-refractivity contribution in [1.82, 2.24) is 0 Å². The van der Waals surface area contributed by atoms with E-state index in [4.69, 9.17) is 0 Å². The summed E-state index contributed by atoms with van der Waals surface area (Å²) < 4.78 is 4.95. The summed E-state index contributed by atoms with van der Waals surface area (Å²) in [6.45, 7) is 26.2. The van der Waals surface area contributed by atoms with Gasteiger partial charge in [0.05, 0.1) is 6.42 Å². The Morgan fingerprint density at radius 1 is 0.452 bits per heavy atom. The average Bonchev–Trinajstić information content (AvgIpc) is 3.91. The molecule has 2 aliphatic heterocycles. The lowest BCUT2D eigenvalue weighted by Crippen LogP contribution is -2.39. The van der Waals surface area contributed by atoms with E-state index in [9.17, 15) is 0 Å². The second kappa shape index (κ2) is 19.8. The van der Waals surface area contributed by atoms with Crippen LogP contribution in [0.1, 0.15) is 130 Å². The van der Waals surface area contributed by atoms with Gasteiger partial charge >= 0.3 is 0 Å². The molecule has 2 aromatic rings. The van der Waals surface area contributed by atoms with E-state index < -0.39 is 0 Å². The first-order valence-corrected chi connectivity index (χ1v) is 17.1. The zero-order valence-corrected chi connectivity index (χ0v) is 29.1. The van der Waals surface area contributed by atoms with Gasteiger partial charge in [0.2, 0.25) is 17.1 Å². The third-order valence-electron chi connectivity index (χ3n) is 7.28. The van der Waals surface area contributed by atoms with Crippen molar-refractivity contribution < 1.29 is 9.13 Å². The summed E-state index contributed by atoms with van der Waals surface area (Å²) in [7, 11) is 0. The van der Waals surface area contributed by atoms with E-state index >= 15 is 0 Å². The summed E-state index contributed by atoms with van der Waals surface area (Å²) in [5.74, 6) is 0. The molecule has 0 fully saturated rings. The van der Waals surface area contributed by atoms with Crippen molar-refractivity contribution in [3.05, 3.63) is 106 Å². The van der Waals surface area contributed by atoms with Gasteiger partial charge in [-0.2, -0.15) is 9.13 Å². The number of hydrogen-bond acceptors (Lipinski definition) is 0. The average molecular weight is 569 g/mol. The highest BCUT2D eigenvalue weighted by Gasteiger charge is 2.34. The minimum atomic E-state index is 1.08. The number of aromatic nitrogens is 2. The van der Waals surface area contributed by atoms with Crippen LogP contribution in [0.3, 0.4) is 0 Å². The predicted octanol–water partition coefficient (Wildman–Crippen LogP) is 10.7. The largest absolute Gasteiger partial charge is 0.210 e. The monoisotopic (exact) mass is 568 g/mol. The van der Waals surface area contributed by atoms with Crippen molar-refractivity contribution in [3.63, 3.8) is 0 Å². The Balaban J connectivity index is 0.000000311. The highest BCUT2D eigenvalue weighted by molar-refractivity contribution is 5.74. The first-order chi connectivity index (χ1) is 20.9. The molecule has 0 spiro atoms. The van der Waals surface area contributed by atoms with Crippen molar-refractivity contribution in [1.29, 1.82) is 0 Å². The highest BCUT2D eigenvalue weighted by atomic mass is 15.0. The molecule has 0 amide bonds. The van der Waals surface area contributed by atoms with Gasteiger partial charge in [-0.15, -0.1) is 0 Å². The molecule has 2 aromatic heterocycles. The lowest BCUT2D eigenvalue weighted by molar-refractivity contribution is -0.692. The molecule has 4 heterocycles. The van der Waals surface area contributed by atoms with Crippen LogP contribution in [0.5, 0.6) is 0 Å². The Labute approximate surface area is 259 Å². The van der Waals surface area contributed by atoms with Crippen molar-refractivity contribution in [2.24, 2.45) is 0 Å². The summed E-state index contributed by atoms with van der Waals surface area (Å²) in [5, 5.41) is 0. The summed E-state index contributed by atoms with van der Waals surface area (Å²) in [4.78, 5) is 0. The molecule has 4 aliphatic carbocycles. The molecule has 0 unspecified atom stereocenters. The Bertz CT molecular complexity index is 1330. The van der Waals surface area contributed by atoms with E-state index in [1.807, 2.05) is 83.1 Å². The quantitative estimate of drug-likeness (QED) is 0.279. The van der Waals surface area contributed by atoms with E-state index in [0.29, 0.717) is 0 Å². The van der Waals surface area contributed by atoms with Crippen molar-refractivity contribution in [3.8, 4) is 0 Å². The van der Waals surface area contributed by atoms with Crippen LogP contribution < -0.4 is 9.13 Å². The summed E-state index contributed by atoms with van der Waals surface area (Å²) in [5.41, 5.74) is 14.8. The van der Waals surface area contributed by atoms with Gasteiger partial charge in [-0.05, 0) is 31.4 Å². The van der Waals surface area contributed by atoms with Gasteiger partial charge in [0.15, 0.2) is 18.8 Å². The fourth-order valence-electron chi connectivity index (χ4n) is 5.81. The molecule has 0 bridgehead atoms. The standard InChI is InChI=1S/2C14H12N.6C2H6/c2*1-4-11-9-15-13-6-2-3-10(13)7-8-14(15)12(11)5-1;6*1-2/h1-2,4,6-8H,3,5,9H2;1-4,7-8H,5-6,9H2;6*1-2H3/q2*+1;;;;;;. The molecule has 0 radical (unpaired) electrons. The summed E-state index contributed by atoms with van der Waals surface area (Å²) in [6.07, 6.45) is 22.6. The Morgan fingerprint density at radius 2 is 0.929 bits per heavy atom. The van der Waals surface area contributed by atoms with Crippen LogP contribution in [0, 0.1) is 0 Å². The van der Waals surface area contributed by atoms with Gasteiger partial charge in [0.25, 0.3) is 0 Å². The molecule has 0 saturated heterocycles. The van der Waals surface area contributed by atoms with Crippen molar-refractivity contribution in [2.45, 2.75) is 122 Å². The minimum absolute atomic E-state index is 1.08. The normalized spacial score (nSPS) is 15.0. The minimum Gasteiger partial charge on any atom is -0.191 e. The lowest BCUT2D eigenvalue weighted by atomic mass is 10.1. The maximum Gasteiger partial charge on any atom is 0.210 e. The Kier molecular flexibility index (Phi) is 17.3. The molecule has 8 rings (SSSR count). The maximum absolute atomic E-state index is 2.49. The topological polar surface area (TPSA) is 7.76 Å². The number of hydrogen-bond donors (Lipinski definition) is 0. The van der Waals surface area contributed by atoms with Gasteiger partial charge in [-0.1, -0.05) is 126 Å². The molecular weight excluding hydrogens is 508 g/mol. The molecule has 0 aromatic carbocycles. The zero-order chi connectivity index (χ0) is 31.7. The van der Waals surface area contributed by atoms with Crippen molar-refractivity contribution in [2.75, 3.05) is 0 Å². The molecule has 42 heavy (non-hydrogen) atoms. The number of pyridine rings is 2. The third-order valence-corrected chi connectivity index (χ3v) is 7.28. The van der Waals surface area contributed by atoms with Gasteiger partial charge in [0, 0.05) is 51.6 Å². The van der Waals surface area contributed by atoms with E-state index in [1.165, 1.54) is 50.6 Å². The number of nitrogens with zero attached hydrogens (tertiary/aromatic N) is 2. The van der Waals surface area contributed by atoms with Gasteiger partial charge in [-0.3, -0.25) is 0 Å². The first kappa shape index (κ1) is 36.8. The van der Waals surface area contributed by atoms with Gasteiger partial charge in [0.1, 0.15) is 0 Å². The molecular formula is C40H60N2+2. The van der Waals surface area contributed by atoms with Gasteiger partial charge in [-0.25, -0.2) is 0 Å². The zero-order valence-electron chi connectivity index (χ0n) is 29.1. The Hall–Kier alpha value is -3.26. The van der Waals surface area contributed by atoms with E-state index in [1.54, 1.807) is 5.57 Å². The van der Waals surface area contributed by atoms with Crippen LogP contribution in [-0.2, 0) is 25.9 Å². The molecule has 0 atom stereocenters. The summed E-state index contributed by atoms with van der Waals surface area (Å²) in [6, 6.07) is 9.12. The molecule has 2 nitrogen and oxygen atoms in total. The highest BCUT2D eigenvalue weighted by Crippen LogP contribution is 2.34. The van der Waals surface area contributed by atoms with Crippen LogP contribution in [-0.4, -0.2) is 0 Å². The van der Waals surface area contributed by atoms with Crippen LogP contribution >= 0.6 is 0 Å². The summed E-state index contributed by atoms with van der Waals surface area (Å²) >= 11 is 0. The number of allylic oxidation sites excluding steroid dienone is 10. The number of rotatable bonds is 0. The second-order valence-electron chi connectivity index (χ2n) is 8.86. The fourth-order valence-corrected chi connectivity index (χ4v) is 5.81. The first-order valence-electron chi connectivity index (χ1n) is 17.1. The van der Waals surface area contributed by atoms with E-state index in [2.05, 4.69) is 82.0 Å². The SMILES string of the molecule is C1=CC2=C(C1)c1ccc3c([n+]1C2)C=CC3.C1=CC2=C(C1)c1ccc3c([n+]1C2)CC=C3.CC.CC.CC.CC.CC.CC. The van der Waals surface area contributed by atoms with E-state index in [-0.39, 0.29) is 0 Å². The molecule has 228 valence electrons. The fraction of sp³-hybridized carbons (Fsp3) is 0.450. The van der Waals surface area contributed by atoms with Crippen LogP contribution in [0.2, 0.25) is 0 Å². The predicted molar refractivity (Wildman–Crippen MR) is 188 cm³/mol. The molecule has 0 saturated carbocycles. The van der Waals surface area contributed by atoms with E-state index in [0.717, 1.165) is 38.8 Å². The molecule has 2 heteroatoms. The van der Waals surface area contributed by atoms with Crippen LogP contribution in [0.15, 0.2) is 71.9 Å². The van der Waals surface area contributed by atoms with Crippen LogP contribution in [0.25, 0.3) is 23.3 Å². The second-order valence-corrected chi connectivity index (χ2v) is 8.86. The van der Waals surface area contributed by atoms with Gasteiger partial charge < -0.3 is 0 Å².